The fourth-order valence-electron chi connectivity index (χ4n) is 0.497. The summed E-state index contributed by atoms with van der Waals surface area (Å²) in [5.41, 5.74) is 0. The van der Waals surface area contributed by atoms with Gasteiger partial charge in [0.25, 0.3) is 0 Å². The number of nitrogens with one attached hydrogen (secondary N) is 1. The van der Waals surface area contributed by atoms with E-state index in [-0.39, 0.29) is 6.04 Å². The lowest BCUT2D eigenvalue weighted by Gasteiger charge is -2.17. The SMILES string of the molecule is CC(C)NC(=O)OC(C)C(F)(F)F. The van der Waals surface area contributed by atoms with Crippen LogP contribution in [0.4, 0.5) is 18.0 Å². The predicted octanol–water partition coefficient (Wildman–Crippen LogP) is 2.07. The minimum atomic E-state index is -4.51. The van der Waals surface area contributed by atoms with Gasteiger partial charge in [-0.3, -0.25) is 0 Å². The monoisotopic (exact) mass is 199 g/mol. The largest absolute Gasteiger partial charge is 0.437 e. The number of halogens is 3. The average molecular weight is 199 g/mol. The van der Waals surface area contributed by atoms with Crippen LogP contribution in [0.15, 0.2) is 0 Å². The Morgan fingerprint density at radius 3 is 2.08 bits per heavy atom. The number of alkyl halides is 3. The molecular weight excluding hydrogens is 187 g/mol. The lowest BCUT2D eigenvalue weighted by atomic mass is 10.4. The van der Waals surface area contributed by atoms with Crippen molar-refractivity contribution in [2.24, 2.45) is 0 Å². The number of ether oxygens (including phenoxy) is 1. The third-order valence-electron chi connectivity index (χ3n) is 1.15. The fraction of sp³-hybridized carbons (Fsp3) is 0.857. The molecule has 0 aromatic carbocycles. The molecule has 78 valence electrons. The molecule has 1 N–H and O–H groups in total. The molecular formula is C7H12F3NO2. The van der Waals surface area contributed by atoms with Crippen molar-refractivity contribution in [1.82, 2.24) is 5.32 Å². The molecule has 0 rings (SSSR count). The van der Waals surface area contributed by atoms with Gasteiger partial charge in [-0.1, -0.05) is 0 Å². The van der Waals surface area contributed by atoms with Gasteiger partial charge in [-0.25, -0.2) is 4.79 Å². The molecule has 0 spiro atoms. The maximum atomic E-state index is 11.8. The van der Waals surface area contributed by atoms with Crippen molar-refractivity contribution in [3.8, 4) is 0 Å². The first kappa shape index (κ1) is 12.1. The summed E-state index contributed by atoms with van der Waals surface area (Å²) in [6.07, 6.45) is -7.64. The smallest absolute Gasteiger partial charge is 0.425 e. The van der Waals surface area contributed by atoms with Crippen LogP contribution in [0.5, 0.6) is 0 Å². The highest BCUT2D eigenvalue weighted by Gasteiger charge is 2.39. The van der Waals surface area contributed by atoms with Crippen LogP contribution >= 0.6 is 0 Å². The highest BCUT2D eigenvalue weighted by molar-refractivity contribution is 5.67. The van der Waals surface area contributed by atoms with Gasteiger partial charge < -0.3 is 10.1 Å². The maximum Gasteiger partial charge on any atom is 0.425 e. The highest BCUT2D eigenvalue weighted by Crippen LogP contribution is 2.22. The summed E-state index contributed by atoms with van der Waals surface area (Å²) >= 11 is 0. The summed E-state index contributed by atoms with van der Waals surface area (Å²) in [5.74, 6) is 0. The standard InChI is InChI=1S/C7H12F3NO2/c1-4(2)11-6(12)13-5(3)7(8,9)10/h4-5H,1-3H3,(H,11,12). The molecule has 0 fully saturated rings. The third-order valence-corrected chi connectivity index (χ3v) is 1.15. The van der Waals surface area contributed by atoms with Crippen molar-refractivity contribution in [2.75, 3.05) is 0 Å². The Morgan fingerprint density at radius 2 is 1.77 bits per heavy atom. The van der Waals surface area contributed by atoms with Crippen LogP contribution < -0.4 is 5.32 Å². The molecule has 0 saturated carbocycles. The Labute approximate surface area is 74.3 Å². The Hall–Kier alpha value is -0.940. The van der Waals surface area contributed by atoms with E-state index in [1.807, 2.05) is 0 Å². The Balaban J connectivity index is 3.93. The number of hydrogen-bond donors (Lipinski definition) is 1. The second-order valence-corrected chi connectivity index (χ2v) is 2.89. The highest BCUT2D eigenvalue weighted by atomic mass is 19.4. The van der Waals surface area contributed by atoms with Gasteiger partial charge in [0.1, 0.15) is 0 Å². The summed E-state index contributed by atoms with van der Waals surface area (Å²) in [6, 6.07) is -0.243. The van der Waals surface area contributed by atoms with Crippen molar-refractivity contribution in [3.05, 3.63) is 0 Å². The molecule has 0 heterocycles. The second-order valence-electron chi connectivity index (χ2n) is 2.89. The number of hydrogen-bond acceptors (Lipinski definition) is 2. The first-order valence-corrected chi connectivity index (χ1v) is 3.77. The number of carbonyl (C=O) groups is 1. The van der Waals surface area contributed by atoms with Gasteiger partial charge in [-0.2, -0.15) is 13.2 Å². The van der Waals surface area contributed by atoms with Gasteiger partial charge in [0.2, 0.25) is 0 Å². The summed E-state index contributed by atoms with van der Waals surface area (Å²) < 4.78 is 39.6. The molecule has 0 aliphatic rings. The first-order chi connectivity index (χ1) is 5.73. The minimum absolute atomic E-state index is 0.243. The van der Waals surface area contributed by atoms with Crippen molar-refractivity contribution in [2.45, 2.75) is 39.1 Å². The van der Waals surface area contributed by atoms with E-state index in [2.05, 4.69) is 10.1 Å². The van der Waals surface area contributed by atoms with E-state index in [0.29, 0.717) is 0 Å². The van der Waals surface area contributed by atoms with E-state index < -0.39 is 18.4 Å². The zero-order valence-corrected chi connectivity index (χ0v) is 7.61. The van der Waals surface area contributed by atoms with Gasteiger partial charge in [-0.05, 0) is 20.8 Å². The molecule has 0 radical (unpaired) electrons. The lowest BCUT2D eigenvalue weighted by Crippen LogP contribution is -2.38. The van der Waals surface area contributed by atoms with E-state index in [1.54, 1.807) is 13.8 Å². The summed E-state index contributed by atoms with van der Waals surface area (Å²) in [7, 11) is 0. The first-order valence-electron chi connectivity index (χ1n) is 3.77. The summed E-state index contributed by atoms with van der Waals surface area (Å²) in [4.78, 5) is 10.7. The van der Waals surface area contributed by atoms with Gasteiger partial charge >= 0.3 is 12.3 Å². The van der Waals surface area contributed by atoms with Crippen molar-refractivity contribution >= 4 is 6.09 Å². The van der Waals surface area contributed by atoms with Crippen LogP contribution in [-0.4, -0.2) is 24.4 Å². The van der Waals surface area contributed by atoms with Gasteiger partial charge in [0.15, 0.2) is 6.10 Å². The quantitative estimate of drug-likeness (QED) is 0.739. The molecule has 0 aliphatic heterocycles. The van der Waals surface area contributed by atoms with Crippen molar-refractivity contribution in [1.29, 1.82) is 0 Å². The van der Waals surface area contributed by atoms with Gasteiger partial charge in [0.05, 0.1) is 0 Å². The van der Waals surface area contributed by atoms with E-state index >= 15 is 0 Å². The van der Waals surface area contributed by atoms with Crippen LogP contribution in [0.3, 0.4) is 0 Å². The normalized spacial score (nSPS) is 14.1. The molecule has 0 bridgehead atoms. The average Bonchev–Trinajstić information content (AvgIpc) is 1.82. The molecule has 1 unspecified atom stereocenters. The van der Waals surface area contributed by atoms with Crippen LogP contribution in [0.25, 0.3) is 0 Å². The van der Waals surface area contributed by atoms with Crippen molar-refractivity contribution < 1.29 is 22.7 Å². The van der Waals surface area contributed by atoms with Crippen LogP contribution in [-0.2, 0) is 4.74 Å². The molecule has 0 aromatic heterocycles. The lowest BCUT2D eigenvalue weighted by molar-refractivity contribution is -0.197. The predicted molar refractivity (Wildman–Crippen MR) is 40.3 cm³/mol. The minimum Gasteiger partial charge on any atom is -0.437 e. The Bertz CT molecular complexity index is 179. The number of amides is 1. The van der Waals surface area contributed by atoms with E-state index in [0.717, 1.165) is 6.92 Å². The molecule has 6 heteroatoms. The van der Waals surface area contributed by atoms with E-state index in [1.165, 1.54) is 0 Å². The Kier molecular flexibility index (Phi) is 4.03. The molecule has 0 saturated heterocycles. The van der Waals surface area contributed by atoms with Crippen molar-refractivity contribution in [3.63, 3.8) is 0 Å². The van der Waals surface area contributed by atoms with E-state index in [4.69, 9.17) is 0 Å². The fourth-order valence-corrected chi connectivity index (χ4v) is 0.497. The third kappa shape index (κ3) is 5.32. The van der Waals surface area contributed by atoms with Crippen LogP contribution in [0.2, 0.25) is 0 Å². The summed E-state index contributed by atoms with van der Waals surface area (Å²) in [5, 5.41) is 2.18. The van der Waals surface area contributed by atoms with Crippen LogP contribution in [0, 0.1) is 0 Å². The Morgan fingerprint density at radius 1 is 1.31 bits per heavy atom. The molecule has 0 aromatic rings. The molecule has 1 atom stereocenters. The van der Waals surface area contributed by atoms with Crippen LogP contribution in [0.1, 0.15) is 20.8 Å². The topological polar surface area (TPSA) is 38.3 Å². The number of carbonyl (C=O) groups excluding carboxylic acids is 1. The molecule has 3 nitrogen and oxygen atoms in total. The molecule has 13 heavy (non-hydrogen) atoms. The van der Waals surface area contributed by atoms with E-state index in [9.17, 15) is 18.0 Å². The van der Waals surface area contributed by atoms with Gasteiger partial charge in [0, 0.05) is 6.04 Å². The summed E-state index contributed by atoms with van der Waals surface area (Å²) in [6.45, 7) is 4.03. The van der Waals surface area contributed by atoms with Gasteiger partial charge in [-0.15, -0.1) is 0 Å². The number of rotatable bonds is 2. The molecule has 0 aliphatic carbocycles. The zero-order chi connectivity index (χ0) is 10.6. The number of alkyl carbamates (subject to hydrolysis) is 1. The zero-order valence-electron chi connectivity index (χ0n) is 7.61. The molecule has 1 amide bonds. The maximum absolute atomic E-state index is 11.8. The second kappa shape index (κ2) is 4.34.